The predicted molar refractivity (Wildman–Crippen MR) is 57.1 cm³/mol. The average molecular weight is 203 g/mol. The van der Waals surface area contributed by atoms with Crippen LogP contribution in [0, 0.1) is 11.3 Å². The van der Waals surface area contributed by atoms with Crippen molar-refractivity contribution in [2.75, 3.05) is 25.4 Å². The molecular formula is C11H13N3O. The second-order valence-corrected chi connectivity index (χ2v) is 3.49. The van der Waals surface area contributed by atoms with Crippen LogP contribution >= 0.6 is 0 Å². The molecule has 1 heterocycles. The Morgan fingerprint density at radius 1 is 1.53 bits per heavy atom. The van der Waals surface area contributed by atoms with Crippen LogP contribution in [0.4, 0.5) is 5.69 Å². The molecule has 4 heteroatoms. The van der Waals surface area contributed by atoms with E-state index in [9.17, 15) is 0 Å². The summed E-state index contributed by atoms with van der Waals surface area (Å²) in [6.07, 6.45) is -0.0584. The molecule has 15 heavy (non-hydrogen) atoms. The van der Waals surface area contributed by atoms with Gasteiger partial charge < -0.3 is 15.8 Å². The van der Waals surface area contributed by atoms with Crippen molar-refractivity contribution in [3.63, 3.8) is 0 Å². The molecular weight excluding hydrogens is 190 g/mol. The molecule has 1 aromatic rings. The molecule has 2 rings (SSSR count). The summed E-state index contributed by atoms with van der Waals surface area (Å²) in [5.74, 6) is 0. The van der Waals surface area contributed by atoms with Gasteiger partial charge >= 0.3 is 0 Å². The zero-order valence-corrected chi connectivity index (χ0v) is 8.36. The molecule has 0 aliphatic carbocycles. The van der Waals surface area contributed by atoms with Gasteiger partial charge in [-0.25, -0.2) is 0 Å². The molecule has 0 radical (unpaired) electrons. The molecule has 1 fully saturated rings. The molecule has 0 amide bonds. The second-order valence-electron chi connectivity index (χ2n) is 3.49. The molecule has 0 saturated carbocycles. The van der Waals surface area contributed by atoms with Gasteiger partial charge in [-0.1, -0.05) is 12.1 Å². The topological polar surface area (TPSA) is 71.1 Å². The summed E-state index contributed by atoms with van der Waals surface area (Å²) in [5, 5.41) is 12.3. The van der Waals surface area contributed by atoms with Crippen molar-refractivity contribution >= 4 is 5.69 Å². The van der Waals surface area contributed by atoms with Gasteiger partial charge in [-0.05, 0) is 6.07 Å². The fourth-order valence-corrected chi connectivity index (χ4v) is 1.75. The van der Waals surface area contributed by atoms with Gasteiger partial charge in [0.25, 0.3) is 0 Å². The van der Waals surface area contributed by atoms with E-state index in [1.807, 2.05) is 12.1 Å². The van der Waals surface area contributed by atoms with Crippen molar-refractivity contribution in [2.24, 2.45) is 0 Å². The molecule has 1 saturated heterocycles. The zero-order valence-electron chi connectivity index (χ0n) is 8.36. The summed E-state index contributed by atoms with van der Waals surface area (Å²) < 4.78 is 5.59. The zero-order chi connectivity index (χ0) is 10.7. The summed E-state index contributed by atoms with van der Waals surface area (Å²) in [5.41, 5.74) is 7.67. The Morgan fingerprint density at radius 3 is 3.07 bits per heavy atom. The highest BCUT2D eigenvalue weighted by atomic mass is 16.5. The van der Waals surface area contributed by atoms with Crippen molar-refractivity contribution in [2.45, 2.75) is 6.10 Å². The van der Waals surface area contributed by atoms with Crippen molar-refractivity contribution < 1.29 is 4.74 Å². The molecule has 0 bridgehead atoms. The minimum absolute atomic E-state index is 0.0584. The third kappa shape index (κ3) is 1.94. The Morgan fingerprint density at radius 2 is 2.40 bits per heavy atom. The van der Waals surface area contributed by atoms with Gasteiger partial charge in [-0.15, -0.1) is 0 Å². The van der Waals surface area contributed by atoms with E-state index in [0.717, 1.165) is 18.7 Å². The van der Waals surface area contributed by atoms with Gasteiger partial charge in [0, 0.05) is 24.3 Å². The van der Waals surface area contributed by atoms with Gasteiger partial charge in [0.2, 0.25) is 0 Å². The van der Waals surface area contributed by atoms with E-state index in [2.05, 4.69) is 11.4 Å². The number of benzene rings is 1. The van der Waals surface area contributed by atoms with E-state index in [4.69, 9.17) is 15.7 Å². The van der Waals surface area contributed by atoms with Crippen LogP contribution in [0.5, 0.6) is 0 Å². The molecule has 78 valence electrons. The molecule has 1 atom stereocenters. The SMILES string of the molecule is N#Cc1c(N)cccc1C1CNCCO1. The van der Waals surface area contributed by atoms with Crippen LogP contribution < -0.4 is 11.1 Å². The number of nitriles is 1. The van der Waals surface area contributed by atoms with E-state index in [1.54, 1.807) is 6.07 Å². The van der Waals surface area contributed by atoms with Crippen molar-refractivity contribution in [1.29, 1.82) is 5.26 Å². The van der Waals surface area contributed by atoms with E-state index in [0.29, 0.717) is 17.9 Å². The van der Waals surface area contributed by atoms with Crippen LogP contribution in [0.25, 0.3) is 0 Å². The largest absolute Gasteiger partial charge is 0.398 e. The van der Waals surface area contributed by atoms with Gasteiger partial charge in [0.1, 0.15) is 6.07 Å². The van der Waals surface area contributed by atoms with Crippen LogP contribution in [-0.4, -0.2) is 19.7 Å². The summed E-state index contributed by atoms with van der Waals surface area (Å²) in [6, 6.07) is 7.61. The highest BCUT2D eigenvalue weighted by Crippen LogP contribution is 2.25. The monoisotopic (exact) mass is 203 g/mol. The van der Waals surface area contributed by atoms with E-state index < -0.39 is 0 Å². The number of rotatable bonds is 1. The maximum absolute atomic E-state index is 9.02. The first-order chi connectivity index (χ1) is 7.33. The lowest BCUT2D eigenvalue weighted by molar-refractivity contribution is 0.0276. The first-order valence-corrected chi connectivity index (χ1v) is 4.93. The molecule has 4 nitrogen and oxygen atoms in total. The molecule has 1 aliphatic heterocycles. The van der Waals surface area contributed by atoms with Crippen LogP contribution in [0.15, 0.2) is 18.2 Å². The second kappa shape index (κ2) is 4.30. The van der Waals surface area contributed by atoms with Crippen LogP contribution in [0.3, 0.4) is 0 Å². The smallest absolute Gasteiger partial charge is 0.102 e. The van der Waals surface area contributed by atoms with Gasteiger partial charge in [-0.3, -0.25) is 0 Å². The summed E-state index contributed by atoms with van der Waals surface area (Å²) in [7, 11) is 0. The number of nitrogens with two attached hydrogens (primary N) is 1. The maximum atomic E-state index is 9.02. The first-order valence-electron chi connectivity index (χ1n) is 4.93. The fourth-order valence-electron chi connectivity index (χ4n) is 1.75. The standard InChI is InChI=1S/C11H13N3O/c12-6-9-8(2-1-3-10(9)13)11-7-14-4-5-15-11/h1-3,11,14H,4-5,7,13H2. The van der Waals surface area contributed by atoms with Crippen LogP contribution in [-0.2, 0) is 4.74 Å². The summed E-state index contributed by atoms with van der Waals surface area (Å²) in [6.45, 7) is 2.27. The third-order valence-electron chi connectivity index (χ3n) is 2.52. The Labute approximate surface area is 88.6 Å². The third-order valence-corrected chi connectivity index (χ3v) is 2.52. The van der Waals surface area contributed by atoms with E-state index >= 15 is 0 Å². The number of ether oxygens (including phenoxy) is 1. The predicted octanol–water partition coefficient (Wildman–Crippen LogP) is 0.801. The molecule has 3 N–H and O–H groups in total. The number of hydrogen-bond acceptors (Lipinski definition) is 4. The van der Waals surface area contributed by atoms with Crippen molar-refractivity contribution in [1.82, 2.24) is 5.32 Å². The van der Waals surface area contributed by atoms with Crippen LogP contribution in [0.2, 0.25) is 0 Å². The fraction of sp³-hybridized carbons (Fsp3) is 0.364. The van der Waals surface area contributed by atoms with E-state index in [-0.39, 0.29) is 6.10 Å². The number of nitrogens with one attached hydrogen (secondary N) is 1. The lowest BCUT2D eigenvalue weighted by Gasteiger charge is -2.24. The quantitative estimate of drug-likeness (QED) is 0.662. The lowest BCUT2D eigenvalue weighted by Crippen LogP contribution is -2.33. The molecule has 0 aromatic heterocycles. The Bertz CT molecular complexity index is 391. The number of hydrogen-bond donors (Lipinski definition) is 2. The van der Waals surface area contributed by atoms with E-state index in [1.165, 1.54) is 0 Å². The number of morpholine rings is 1. The first kappa shape index (κ1) is 9.97. The number of nitrogen functional groups attached to an aromatic ring is 1. The summed E-state index contributed by atoms with van der Waals surface area (Å²) >= 11 is 0. The Kier molecular flexibility index (Phi) is 2.86. The number of nitrogens with zero attached hydrogens (tertiary/aromatic N) is 1. The normalized spacial score (nSPS) is 20.9. The molecule has 1 aliphatic rings. The van der Waals surface area contributed by atoms with Crippen molar-refractivity contribution in [3.05, 3.63) is 29.3 Å². The highest BCUT2D eigenvalue weighted by molar-refractivity contribution is 5.58. The Balaban J connectivity index is 2.34. The molecule has 1 aromatic carbocycles. The summed E-state index contributed by atoms with van der Waals surface area (Å²) in [4.78, 5) is 0. The van der Waals surface area contributed by atoms with Crippen molar-refractivity contribution in [3.8, 4) is 6.07 Å². The highest BCUT2D eigenvalue weighted by Gasteiger charge is 2.19. The Hall–Kier alpha value is -1.57. The van der Waals surface area contributed by atoms with Gasteiger partial charge in [-0.2, -0.15) is 5.26 Å². The minimum atomic E-state index is -0.0584. The van der Waals surface area contributed by atoms with Gasteiger partial charge in [0.05, 0.1) is 18.3 Å². The number of anilines is 1. The average Bonchev–Trinajstić information content (AvgIpc) is 2.30. The lowest BCUT2D eigenvalue weighted by atomic mass is 10.0. The molecule has 0 spiro atoms. The van der Waals surface area contributed by atoms with Gasteiger partial charge in [0.15, 0.2) is 0 Å². The minimum Gasteiger partial charge on any atom is -0.398 e. The molecule has 1 unspecified atom stereocenters. The van der Waals surface area contributed by atoms with Crippen LogP contribution in [0.1, 0.15) is 17.2 Å². The maximum Gasteiger partial charge on any atom is 0.102 e.